The maximum absolute atomic E-state index is 9.15. The summed E-state index contributed by atoms with van der Waals surface area (Å²) in [6.45, 7) is 18.4. The number of hydrogen-bond acceptors (Lipinski definition) is 6. The molecule has 6 nitrogen and oxygen atoms in total. The minimum atomic E-state index is -0.223. The fourth-order valence-corrected chi connectivity index (χ4v) is 3.67. The van der Waals surface area contributed by atoms with Crippen molar-refractivity contribution in [3.05, 3.63) is 23.3 Å². The number of allylic oxidation sites excluding steroid dienone is 4. The summed E-state index contributed by atoms with van der Waals surface area (Å²) in [4.78, 5) is 4.53. The molecule has 2 unspecified atom stereocenters. The molecule has 0 saturated carbocycles. The molecular formula is C28H58N2O4. The predicted octanol–water partition coefficient (Wildman–Crippen LogP) is 4.38. The van der Waals surface area contributed by atoms with Crippen LogP contribution in [0.5, 0.6) is 0 Å². The van der Waals surface area contributed by atoms with Crippen LogP contribution < -0.4 is 0 Å². The van der Waals surface area contributed by atoms with Gasteiger partial charge in [0, 0.05) is 13.1 Å². The zero-order chi connectivity index (χ0) is 26.2. The summed E-state index contributed by atoms with van der Waals surface area (Å²) in [6, 6.07) is 0. The van der Waals surface area contributed by atoms with Gasteiger partial charge in [0.15, 0.2) is 0 Å². The number of hydrogen-bond donors (Lipinski definition) is 4. The molecule has 0 rings (SSSR count). The normalized spacial score (nSPS) is 14.4. The fourth-order valence-electron chi connectivity index (χ4n) is 3.67. The molecule has 0 heterocycles. The van der Waals surface area contributed by atoms with Crippen molar-refractivity contribution in [3.8, 4) is 0 Å². The topological polar surface area (TPSA) is 87.4 Å². The van der Waals surface area contributed by atoms with E-state index in [2.05, 4.69) is 49.6 Å². The Kier molecular flexibility index (Phi) is 26.4. The van der Waals surface area contributed by atoms with Crippen molar-refractivity contribution < 1.29 is 20.4 Å². The van der Waals surface area contributed by atoms with Crippen LogP contribution in [-0.4, -0.2) is 94.9 Å². The zero-order valence-electron chi connectivity index (χ0n) is 23.3. The first kappa shape index (κ1) is 35.4. The van der Waals surface area contributed by atoms with Gasteiger partial charge in [-0.25, -0.2) is 0 Å². The van der Waals surface area contributed by atoms with Crippen LogP contribution in [0.2, 0.25) is 0 Å². The van der Waals surface area contributed by atoms with E-state index in [0.717, 1.165) is 58.2 Å². The summed E-state index contributed by atoms with van der Waals surface area (Å²) < 4.78 is 0. The molecule has 0 spiro atoms. The van der Waals surface area contributed by atoms with E-state index in [-0.39, 0.29) is 25.4 Å². The lowest BCUT2D eigenvalue weighted by Gasteiger charge is -2.19. The molecule has 2 atom stereocenters. The Morgan fingerprint density at radius 1 is 0.676 bits per heavy atom. The highest BCUT2D eigenvalue weighted by atomic mass is 16.3. The lowest BCUT2D eigenvalue weighted by Crippen LogP contribution is -2.30. The highest BCUT2D eigenvalue weighted by molar-refractivity contribution is 4.98. The van der Waals surface area contributed by atoms with Crippen molar-refractivity contribution >= 4 is 0 Å². The van der Waals surface area contributed by atoms with E-state index >= 15 is 0 Å². The Hall–Kier alpha value is -0.760. The third-order valence-corrected chi connectivity index (χ3v) is 5.97. The van der Waals surface area contributed by atoms with Gasteiger partial charge in [-0.1, -0.05) is 37.1 Å². The van der Waals surface area contributed by atoms with E-state index < -0.39 is 0 Å². The van der Waals surface area contributed by atoms with Crippen LogP contribution in [-0.2, 0) is 0 Å². The lowest BCUT2D eigenvalue weighted by atomic mass is 10.1. The first-order valence-corrected chi connectivity index (χ1v) is 13.5. The van der Waals surface area contributed by atoms with Gasteiger partial charge < -0.3 is 25.3 Å². The van der Waals surface area contributed by atoms with Crippen molar-refractivity contribution in [2.75, 3.05) is 52.5 Å². The highest BCUT2D eigenvalue weighted by Crippen LogP contribution is 2.09. The molecule has 0 fully saturated rings. The van der Waals surface area contributed by atoms with Crippen molar-refractivity contribution in [2.24, 2.45) is 0 Å². The van der Waals surface area contributed by atoms with Crippen LogP contribution in [0.4, 0.5) is 0 Å². The second-order valence-corrected chi connectivity index (χ2v) is 9.48. The second kappa shape index (κ2) is 25.3. The van der Waals surface area contributed by atoms with Gasteiger partial charge in [0.1, 0.15) is 0 Å². The van der Waals surface area contributed by atoms with Crippen LogP contribution in [0, 0.1) is 0 Å². The van der Waals surface area contributed by atoms with E-state index in [4.69, 9.17) is 20.4 Å². The third-order valence-electron chi connectivity index (χ3n) is 5.97. The Morgan fingerprint density at radius 3 is 1.38 bits per heavy atom. The molecule has 4 N–H and O–H groups in total. The summed E-state index contributed by atoms with van der Waals surface area (Å²) in [5.74, 6) is 0. The van der Waals surface area contributed by atoms with Crippen molar-refractivity contribution in [1.29, 1.82) is 0 Å². The molecule has 0 saturated heterocycles. The predicted molar refractivity (Wildman–Crippen MR) is 146 cm³/mol. The second-order valence-electron chi connectivity index (χ2n) is 9.48. The summed E-state index contributed by atoms with van der Waals surface area (Å²) >= 11 is 0. The minimum Gasteiger partial charge on any atom is -0.395 e. The van der Waals surface area contributed by atoms with Crippen molar-refractivity contribution in [3.63, 3.8) is 0 Å². The standard InChI is InChI=1S/C14H29NO3.C14H29NO/c1-13(5-3-7-14(2)18)6-4-8-15(9-11-16)10-12-17;1-5-15(6-2)12-8-10-13(3)9-7-11-14(4)16/h5,14,16-18H,3-4,6-12H2,1-2H3;9,14,16H,5-8,10-12H2,1-4H3/b13-5-;13-9-. The average Bonchev–Trinajstić information content (AvgIpc) is 2.77. The largest absolute Gasteiger partial charge is 0.395 e. The third kappa shape index (κ3) is 25.9. The Balaban J connectivity index is 0. The minimum absolute atomic E-state index is 0.142. The van der Waals surface area contributed by atoms with Crippen LogP contribution in [0.25, 0.3) is 0 Å². The molecule has 0 aromatic heterocycles. The van der Waals surface area contributed by atoms with Crippen molar-refractivity contribution in [1.82, 2.24) is 9.80 Å². The molecule has 0 aliphatic heterocycles. The van der Waals surface area contributed by atoms with Crippen LogP contribution >= 0.6 is 0 Å². The summed E-state index contributed by atoms with van der Waals surface area (Å²) in [5, 5.41) is 36.1. The van der Waals surface area contributed by atoms with E-state index in [1.807, 2.05) is 13.8 Å². The van der Waals surface area contributed by atoms with E-state index in [9.17, 15) is 0 Å². The van der Waals surface area contributed by atoms with Gasteiger partial charge in [0.2, 0.25) is 0 Å². The van der Waals surface area contributed by atoms with Crippen LogP contribution in [0.3, 0.4) is 0 Å². The van der Waals surface area contributed by atoms with Gasteiger partial charge in [0.05, 0.1) is 25.4 Å². The maximum atomic E-state index is 9.15. The lowest BCUT2D eigenvalue weighted by molar-refractivity contribution is 0.160. The van der Waals surface area contributed by atoms with Gasteiger partial charge in [-0.2, -0.15) is 0 Å². The van der Waals surface area contributed by atoms with Crippen LogP contribution in [0.1, 0.15) is 92.9 Å². The fraction of sp³-hybridized carbons (Fsp3) is 0.857. The van der Waals surface area contributed by atoms with Crippen LogP contribution in [0.15, 0.2) is 23.3 Å². The Bertz CT molecular complexity index is 483. The summed E-state index contributed by atoms with van der Waals surface area (Å²) in [7, 11) is 0. The zero-order valence-corrected chi connectivity index (χ0v) is 23.3. The Labute approximate surface area is 211 Å². The summed E-state index contributed by atoms with van der Waals surface area (Å²) in [6.07, 6.45) is 12.2. The van der Waals surface area contributed by atoms with E-state index in [1.165, 1.54) is 30.5 Å². The maximum Gasteiger partial charge on any atom is 0.0558 e. The highest BCUT2D eigenvalue weighted by Gasteiger charge is 2.03. The molecular weight excluding hydrogens is 428 g/mol. The summed E-state index contributed by atoms with van der Waals surface area (Å²) in [5.41, 5.74) is 2.82. The van der Waals surface area contributed by atoms with Gasteiger partial charge in [-0.15, -0.1) is 0 Å². The molecule has 0 aliphatic rings. The molecule has 6 heteroatoms. The number of aliphatic hydroxyl groups is 4. The van der Waals surface area contributed by atoms with E-state index in [1.54, 1.807) is 0 Å². The van der Waals surface area contributed by atoms with Gasteiger partial charge in [-0.3, -0.25) is 4.90 Å². The molecule has 0 amide bonds. The monoisotopic (exact) mass is 486 g/mol. The molecule has 0 radical (unpaired) electrons. The van der Waals surface area contributed by atoms with Gasteiger partial charge in [0.25, 0.3) is 0 Å². The van der Waals surface area contributed by atoms with Gasteiger partial charge in [-0.05, 0) is 105 Å². The van der Waals surface area contributed by atoms with Crippen molar-refractivity contribution in [2.45, 2.75) is 105 Å². The SMILES string of the molecule is C/C(=C/CCC(C)O)CCCN(CCO)CCO.CCN(CC)CCC/C(C)=C\CCC(C)O. The smallest absolute Gasteiger partial charge is 0.0558 e. The first-order valence-electron chi connectivity index (χ1n) is 13.5. The van der Waals surface area contributed by atoms with E-state index in [0.29, 0.717) is 13.1 Å². The molecule has 0 aromatic carbocycles. The quantitative estimate of drug-likeness (QED) is 0.191. The molecule has 0 bridgehead atoms. The molecule has 0 aliphatic carbocycles. The number of aliphatic hydroxyl groups excluding tert-OH is 4. The molecule has 34 heavy (non-hydrogen) atoms. The average molecular weight is 487 g/mol. The molecule has 0 aromatic rings. The first-order chi connectivity index (χ1) is 16.2. The molecule has 204 valence electrons. The number of rotatable bonds is 20. The Morgan fingerprint density at radius 2 is 1.06 bits per heavy atom. The number of nitrogens with zero attached hydrogens (tertiary/aromatic N) is 2. The van der Waals surface area contributed by atoms with Gasteiger partial charge >= 0.3 is 0 Å².